The summed E-state index contributed by atoms with van der Waals surface area (Å²) in [6.45, 7) is 1.46. The molecule has 2 N–H and O–H groups in total. The van der Waals surface area contributed by atoms with Gasteiger partial charge in [0, 0.05) is 28.4 Å². The maximum Gasteiger partial charge on any atom is 0.271 e. The van der Waals surface area contributed by atoms with Gasteiger partial charge in [0.1, 0.15) is 17.2 Å². The first-order chi connectivity index (χ1) is 11.6. The number of aromatic nitrogens is 1. The lowest BCUT2D eigenvalue weighted by atomic mass is 10.1. The highest BCUT2D eigenvalue weighted by atomic mass is 32.1. The molecule has 0 aliphatic rings. The summed E-state index contributed by atoms with van der Waals surface area (Å²) in [6, 6.07) is 10.2. The summed E-state index contributed by atoms with van der Waals surface area (Å²) in [6.07, 6.45) is 0. The number of quaternary nitrogens is 1. The van der Waals surface area contributed by atoms with Crippen LogP contribution in [0.1, 0.15) is 21.6 Å². The molecule has 0 atom stereocenters. The Morgan fingerprint density at radius 2 is 1.96 bits per heavy atom. The fourth-order valence-corrected chi connectivity index (χ4v) is 3.96. The van der Waals surface area contributed by atoms with Gasteiger partial charge >= 0.3 is 0 Å². The molecule has 6 heteroatoms. The van der Waals surface area contributed by atoms with E-state index in [1.165, 1.54) is 21.8 Å². The van der Waals surface area contributed by atoms with Gasteiger partial charge in [-0.15, -0.1) is 11.3 Å². The van der Waals surface area contributed by atoms with Crippen LogP contribution in [0.25, 0.3) is 10.6 Å². The van der Waals surface area contributed by atoms with Crippen LogP contribution in [0.2, 0.25) is 0 Å². The van der Waals surface area contributed by atoms with Crippen LogP contribution in [0.3, 0.4) is 0 Å². The van der Waals surface area contributed by atoms with Crippen molar-refractivity contribution in [2.24, 2.45) is 0 Å². The number of thiophene rings is 1. The molecule has 3 aromatic rings. The SMILES string of the molecule is C[NH+](C)Cc1ccccc1CNC(=O)c1csc(-c2ccsc2)n1. The van der Waals surface area contributed by atoms with Gasteiger partial charge in [0.2, 0.25) is 0 Å². The monoisotopic (exact) mass is 358 g/mol. The Kier molecular flexibility index (Phi) is 5.40. The highest BCUT2D eigenvalue weighted by Crippen LogP contribution is 2.25. The van der Waals surface area contributed by atoms with Crippen molar-refractivity contribution in [2.45, 2.75) is 13.1 Å². The van der Waals surface area contributed by atoms with Gasteiger partial charge < -0.3 is 10.2 Å². The van der Waals surface area contributed by atoms with E-state index in [-0.39, 0.29) is 5.91 Å². The lowest BCUT2D eigenvalue weighted by Crippen LogP contribution is -3.04. The average molecular weight is 359 g/mol. The van der Waals surface area contributed by atoms with Gasteiger partial charge in [-0.3, -0.25) is 4.79 Å². The molecular weight excluding hydrogens is 338 g/mol. The largest absolute Gasteiger partial charge is 0.347 e. The standard InChI is InChI=1S/C18H19N3OS2/c1-21(2)10-14-6-4-3-5-13(14)9-19-17(22)16-12-24-18(20-16)15-7-8-23-11-15/h3-8,11-12H,9-10H2,1-2H3,(H,19,22)/p+1. The summed E-state index contributed by atoms with van der Waals surface area (Å²) in [5, 5.41) is 9.75. The van der Waals surface area contributed by atoms with Crippen LogP contribution in [0.15, 0.2) is 46.5 Å². The Morgan fingerprint density at radius 1 is 1.17 bits per heavy atom. The topological polar surface area (TPSA) is 46.4 Å². The average Bonchev–Trinajstić information content (AvgIpc) is 3.24. The summed E-state index contributed by atoms with van der Waals surface area (Å²) in [7, 11) is 4.24. The van der Waals surface area contributed by atoms with E-state index >= 15 is 0 Å². The van der Waals surface area contributed by atoms with E-state index in [0.717, 1.165) is 22.7 Å². The van der Waals surface area contributed by atoms with E-state index in [2.05, 4.69) is 36.5 Å². The highest BCUT2D eigenvalue weighted by molar-refractivity contribution is 7.14. The summed E-state index contributed by atoms with van der Waals surface area (Å²) < 4.78 is 0. The van der Waals surface area contributed by atoms with Crippen LogP contribution < -0.4 is 10.2 Å². The minimum absolute atomic E-state index is 0.125. The third-order valence-corrected chi connectivity index (χ3v) is 5.18. The number of carbonyl (C=O) groups is 1. The number of hydrogen-bond acceptors (Lipinski definition) is 4. The lowest BCUT2D eigenvalue weighted by molar-refractivity contribution is -0.872. The predicted octanol–water partition coefficient (Wildman–Crippen LogP) is 2.45. The van der Waals surface area contributed by atoms with Crippen LogP contribution in [-0.4, -0.2) is 25.0 Å². The molecule has 0 spiro atoms. The van der Waals surface area contributed by atoms with Gasteiger partial charge in [0.05, 0.1) is 14.1 Å². The zero-order valence-corrected chi connectivity index (χ0v) is 15.3. The number of benzene rings is 1. The van der Waals surface area contributed by atoms with Crippen molar-refractivity contribution in [3.05, 3.63) is 63.3 Å². The fraction of sp³-hybridized carbons (Fsp3) is 0.222. The molecule has 0 fully saturated rings. The Hall–Kier alpha value is -2.02. The van der Waals surface area contributed by atoms with E-state index in [9.17, 15) is 4.79 Å². The molecule has 2 heterocycles. The molecule has 0 unspecified atom stereocenters. The first-order valence-electron chi connectivity index (χ1n) is 7.75. The Labute approximate surface area is 149 Å². The van der Waals surface area contributed by atoms with Gasteiger partial charge in [-0.05, 0) is 17.0 Å². The van der Waals surface area contributed by atoms with Crippen LogP contribution in [-0.2, 0) is 13.1 Å². The molecule has 1 aromatic carbocycles. The van der Waals surface area contributed by atoms with Crippen LogP contribution in [0, 0.1) is 0 Å². The predicted molar refractivity (Wildman–Crippen MR) is 99.6 cm³/mol. The molecule has 0 aliphatic carbocycles. The zero-order chi connectivity index (χ0) is 16.9. The molecule has 3 rings (SSSR count). The fourth-order valence-electron chi connectivity index (χ4n) is 2.45. The normalized spacial score (nSPS) is 11.0. The van der Waals surface area contributed by atoms with Crippen molar-refractivity contribution >= 4 is 28.6 Å². The van der Waals surface area contributed by atoms with E-state index in [0.29, 0.717) is 12.2 Å². The van der Waals surface area contributed by atoms with Gasteiger partial charge in [-0.2, -0.15) is 11.3 Å². The van der Waals surface area contributed by atoms with Gasteiger partial charge in [0.15, 0.2) is 0 Å². The van der Waals surface area contributed by atoms with Crippen molar-refractivity contribution in [1.29, 1.82) is 0 Å². The molecule has 2 aromatic heterocycles. The first-order valence-corrected chi connectivity index (χ1v) is 9.58. The molecule has 4 nitrogen and oxygen atoms in total. The van der Waals surface area contributed by atoms with Crippen molar-refractivity contribution in [3.63, 3.8) is 0 Å². The van der Waals surface area contributed by atoms with Crippen LogP contribution >= 0.6 is 22.7 Å². The minimum Gasteiger partial charge on any atom is -0.347 e. The van der Waals surface area contributed by atoms with Gasteiger partial charge in [0.25, 0.3) is 5.91 Å². The molecule has 0 bridgehead atoms. The Morgan fingerprint density at radius 3 is 2.67 bits per heavy atom. The summed E-state index contributed by atoms with van der Waals surface area (Å²) in [5.74, 6) is -0.125. The maximum atomic E-state index is 12.4. The molecule has 1 amide bonds. The van der Waals surface area contributed by atoms with Crippen LogP contribution in [0.4, 0.5) is 0 Å². The van der Waals surface area contributed by atoms with E-state index < -0.39 is 0 Å². The summed E-state index contributed by atoms with van der Waals surface area (Å²) in [5.41, 5.74) is 3.97. The number of thiazole rings is 1. The van der Waals surface area contributed by atoms with Crippen molar-refractivity contribution in [1.82, 2.24) is 10.3 Å². The maximum absolute atomic E-state index is 12.4. The lowest BCUT2D eigenvalue weighted by Gasteiger charge is -2.12. The molecule has 124 valence electrons. The minimum atomic E-state index is -0.125. The first kappa shape index (κ1) is 16.8. The van der Waals surface area contributed by atoms with Gasteiger partial charge in [-0.1, -0.05) is 24.3 Å². The van der Waals surface area contributed by atoms with Gasteiger partial charge in [-0.25, -0.2) is 4.98 Å². The third kappa shape index (κ3) is 4.08. The second kappa shape index (κ2) is 7.70. The smallest absolute Gasteiger partial charge is 0.271 e. The molecule has 0 radical (unpaired) electrons. The number of rotatable bonds is 6. The zero-order valence-electron chi connectivity index (χ0n) is 13.7. The second-order valence-corrected chi connectivity index (χ2v) is 7.52. The van der Waals surface area contributed by atoms with E-state index in [4.69, 9.17) is 0 Å². The third-order valence-electron chi connectivity index (χ3n) is 3.61. The summed E-state index contributed by atoms with van der Waals surface area (Å²) >= 11 is 3.13. The Balaban J connectivity index is 1.66. The summed E-state index contributed by atoms with van der Waals surface area (Å²) in [4.78, 5) is 18.2. The molecule has 0 saturated heterocycles. The molecule has 24 heavy (non-hydrogen) atoms. The number of amides is 1. The number of hydrogen-bond donors (Lipinski definition) is 2. The Bertz CT molecular complexity index is 809. The van der Waals surface area contributed by atoms with E-state index in [1.54, 1.807) is 11.3 Å². The number of nitrogens with one attached hydrogen (secondary N) is 2. The molecule has 0 aliphatic heterocycles. The van der Waals surface area contributed by atoms with Crippen LogP contribution in [0.5, 0.6) is 0 Å². The van der Waals surface area contributed by atoms with Crippen molar-refractivity contribution in [2.75, 3.05) is 14.1 Å². The van der Waals surface area contributed by atoms with Crippen molar-refractivity contribution in [3.8, 4) is 10.6 Å². The second-order valence-electron chi connectivity index (χ2n) is 5.89. The highest BCUT2D eigenvalue weighted by Gasteiger charge is 2.13. The molecule has 0 saturated carbocycles. The quantitative estimate of drug-likeness (QED) is 0.711. The molecular formula is C18H20N3OS2+. The number of carbonyl (C=O) groups excluding carboxylic acids is 1. The van der Waals surface area contributed by atoms with E-state index in [1.807, 2.05) is 34.3 Å². The van der Waals surface area contributed by atoms with Crippen molar-refractivity contribution < 1.29 is 9.69 Å². The number of nitrogens with zero attached hydrogens (tertiary/aromatic N) is 1.